The summed E-state index contributed by atoms with van der Waals surface area (Å²) in [6.07, 6.45) is 8.97. The van der Waals surface area contributed by atoms with Crippen LogP contribution in [0.5, 0.6) is 0 Å². The molecule has 0 aromatic carbocycles. The molecule has 1 aromatic heterocycles. The van der Waals surface area contributed by atoms with E-state index in [0.29, 0.717) is 12.1 Å². The number of aromatic nitrogens is 1. The summed E-state index contributed by atoms with van der Waals surface area (Å²) in [4.78, 5) is 4.52. The Kier molecular flexibility index (Phi) is 3.54. The fraction of sp³-hybridized carbons (Fsp3) is 0.800. The minimum atomic E-state index is -0.242. The van der Waals surface area contributed by atoms with Crippen molar-refractivity contribution >= 4 is 11.3 Å². The van der Waals surface area contributed by atoms with Gasteiger partial charge in [-0.05, 0) is 31.6 Å². The van der Waals surface area contributed by atoms with E-state index in [4.69, 9.17) is 9.47 Å². The Balaban J connectivity index is 1.37. The van der Waals surface area contributed by atoms with Crippen LogP contribution in [0.25, 0.3) is 0 Å². The largest absolute Gasteiger partial charge is 0.348 e. The Labute approximate surface area is 123 Å². The lowest BCUT2D eigenvalue weighted by Crippen LogP contribution is -2.43. The molecular weight excluding hydrogens is 272 g/mol. The second-order valence-corrected chi connectivity index (χ2v) is 7.16. The first kappa shape index (κ1) is 13.2. The minimum absolute atomic E-state index is 0.242. The predicted octanol–water partition coefficient (Wildman–Crippen LogP) is 2.87. The number of nitrogens with zero attached hydrogens (tertiary/aromatic N) is 1. The molecule has 1 aliphatic heterocycles. The summed E-state index contributed by atoms with van der Waals surface area (Å²) in [5.41, 5.74) is 0. The average Bonchev–Trinajstić information content (AvgIpc) is 2.99. The number of nitrogens with one attached hydrogen (secondary N) is 1. The normalized spacial score (nSPS) is 28.0. The summed E-state index contributed by atoms with van der Waals surface area (Å²) < 4.78 is 11.6. The molecule has 1 spiro atoms. The summed E-state index contributed by atoms with van der Waals surface area (Å²) in [5.74, 6) is 0.560. The Bertz CT molecular complexity index is 431. The van der Waals surface area contributed by atoms with Crippen molar-refractivity contribution in [3.8, 4) is 0 Å². The molecule has 2 aliphatic carbocycles. The van der Waals surface area contributed by atoms with Gasteiger partial charge in [0, 0.05) is 30.5 Å². The van der Waals surface area contributed by atoms with E-state index in [-0.39, 0.29) is 5.79 Å². The van der Waals surface area contributed by atoms with E-state index >= 15 is 0 Å². The molecule has 2 heterocycles. The van der Waals surface area contributed by atoms with Crippen molar-refractivity contribution in [2.45, 2.75) is 56.4 Å². The van der Waals surface area contributed by atoms with Crippen LogP contribution in [-0.2, 0) is 9.47 Å². The van der Waals surface area contributed by atoms with Crippen molar-refractivity contribution in [1.82, 2.24) is 10.3 Å². The van der Waals surface area contributed by atoms with Crippen LogP contribution in [0.4, 0.5) is 0 Å². The van der Waals surface area contributed by atoms with Crippen LogP contribution in [0.15, 0.2) is 11.6 Å². The molecule has 5 heteroatoms. The van der Waals surface area contributed by atoms with Crippen LogP contribution in [-0.4, -0.2) is 30.0 Å². The molecular formula is C15H22N2O2S. The maximum absolute atomic E-state index is 5.81. The predicted molar refractivity (Wildman–Crippen MR) is 77.6 cm³/mol. The zero-order valence-corrected chi connectivity index (χ0v) is 12.5. The van der Waals surface area contributed by atoms with Gasteiger partial charge in [0.1, 0.15) is 5.01 Å². The molecule has 2 saturated carbocycles. The van der Waals surface area contributed by atoms with E-state index in [1.807, 2.05) is 6.20 Å². The van der Waals surface area contributed by atoms with Gasteiger partial charge in [-0.2, -0.15) is 0 Å². The minimum Gasteiger partial charge on any atom is -0.348 e. The van der Waals surface area contributed by atoms with Gasteiger partial charge in [0.15, 0.2) is 5.79 Å². The van der Waals surface area contributed by atoms with Crippen molar-refractivity contribution in [2.24, 2.45) is 5.92 Å². The van der Waals surface area contributed by atoms with Crippen LogP contribution in [0.1, 0.15) is 49.6 Å². The van der Waals surface area contributed by atoms with Crippen molar-refractivity contribution in [1.29, 1.82) is 0 Å². The van der Waals surface area contributed by atoms with Gasteiger partial charge in [0.05, 0.1) is 19.3 Å². The van der Waals surface area contributed by atoms with Gasteiger partial charge in [0.2, 0.25) is 0 Å². The molecule has 1 atom stereocenters. The molecule has 4 nitrogen and oxygen atoms in total. The summed E-state index contributed by atoms with van der Waals surface area (Å²) in [6.45, 7) is 1.53. The summed E-state index contributed by atoms with van der Waals surface area (Å²) in [6, 6.07) is 1.06. The Morgan fingerprint density at radius 1 is 1.20 bits per heavy atom. The van der Waals surface area contributed by atoms with Gasteiger partial charge in [0.25, 0.3) is 0 Å². The number of thiazole rings is 1. The van der Waals surface area contributed by atoms with Gasteiger partial charge in [-0.3, -0.25) is 0 Å². The molecule has 0 unspecified atom stereocenters. The standard InChI is InChI=1S/C15H22N2O2S/c1-2-11(1)13(14-16-7-10-20-14)17-12-3-5-15(6-4-12)18-8-9-19-15/h7,10-13,17H,1-6,8-9H2/t13-/m0/s1. The van der Waals surface area contributed by atoms with Crippen molar-refractivity contribution in [3.05, 3.63) is 16.6 Å². The smallest absolute Gasteiger partial charge is 0.168 e. The lowest BCUT2D eigenvalue weighted by Gasteiger charge is -2.37. The number of hydrogen-bond acceptors (Lipinski definition) is 5. The molecule has 20 heavy (non-hydrogen) atoms. The summed E-state index contributed by atoms with van der Waals surface area (Å²) in [5, 5.41) is 7.21. The van der Waals surface area contributed by atoms with Gasteiger partial charge < -0.3 is 14.8 Å². The maximum Gasteiger partial charge on any atom is 0.168 e. The highest BCUT2D eigenvalue weighted by atomic mass is 32.1. The first-order valence-electron chi connectivity index (χ1n) is 7.78. The molecule has 1 aromatic rings. The van der Waals surface area contributed by atoms with E-state index in [2.05, 4.69) is 15.7 Å². The monoisotopic (exact) mass is 294 g/mol. The lowest BCUT2D eigenvalue weighted by molar-refractivity contribution is -0.179. The quantitative estimate of drug-likeness (QED) is 0.927. The second-order valence-electron chi connectivity index (χ2n) is 6.23. The fourth-order valence-corrected chi connectivity index (χ4v) is 4.28. The first-order chi connectivity index (χ1) is 9.85. The summed E-state index contributed by atoms with van der Waals surface area (Å²) >= 11 is 1.78. The van der Waals surface area contributed by atoms with Crippen molar-refractivity contribution < 1.29 is 9.47 Å². The van der Waals surface area contributed by atoms with Crippen LogP contribution in [0, 0.1) is 5.92 Å². The lowest BCUT2D eigenvalue weighted by atomic mass is 9.89. The second kappa shape index (κ2) is 5.37. The van der Waals surface area contributed by atoms with Gasteiger partial charge >= 0.3 is 0 Å². The molecule has 110 valence electrons. The van der Waals surface area contributed by atoms with Gasteiger partial charge in [-0.15, -0.1) is 11.3 Å². The van der Waals surface area contributed by atoms with Gasteiger partial charge in [-0.1, -0.05) is 0 Å². The van der Waals surface area contributed by atoms with Crippen LogP contribution >= 0.6 is 11.3 Å². The van der Waals surface area contributed by atoms with Gasteiger partial charge in [-0.25, -0.2) is 4.98 Å². The highest BCUT2D eigenvalue weighted by Crippen LogP contribution is 2.43. The van der Waals surface area contributed by atoms with E-state index in [1.165, 1.54) is 17.8 Å². The topological polar surface area (TPSA) is 43.4 Å². The van der Waals surface area contributed by atoms with Crippen molar-refractivity contribution in [2.75, 3.05) is 13.2 Å². The summed E-state index contributed by atoms with van der Waals surface area (Å²) in [7, 11) is 0. The number of rotatable bonds is 4. The number of hydrogen-bond donors (Lipinski definition) is 1. The third-order valence-electron chi connectivity index (χ3n) is 4.79. The molecule has 3 aliphatic rings. The maximum atomic E-state index is 5.81. The zero-order valence-electron chi connectivity index (χ0n) is 11.7. The third kappa shape index (κ3) is 2.64. The zero-order chi connectivity index (χ0) is 13.4. The molecule has 4 rings (SSSR count). The van der Waals surface area contributed by atoms with E-state index in [1.54, 1.807) is 11.3 Å². The van der Waals surface area contributed by atoms with E-state index in [9.17, 15) is 0 Å². The molecule has 1 saturated heterocycles. The number of ether oxygens (including phenoxy) is 2. The molecule has 0 bridgehead atoms. The highest BCUT2D eigenvalue weighted by molar-refractivity contribution is 7.09. The van der Waals surface area contributed by atoms with Crippen LogP contribution in [0.3, 0.4) is 0 Å². The highest BCUT2D eigenvalue weighted by Gasteiger charge is 2.42. The Hall–Kier alpha value is -0.490. The van der Waals surface area contributed by atoms with Crippen LogP contribution in [0.2, 0.25) is 0 Å². The Morgan fingerprint density at radius 3 is 2.55 bits per heavy atom. The first-order valence-corrected chi connectivity index (χ1v) is 8.66. The van der Waals surface area contributed by atoms with Crippen LogP contribution < -0.4 is 5.32 Å². The average molecular weight is 294 g/mol. The Morgan fingerprint density at radius 2 is 1.95 bits per heavy atom. The van der Waals surface area contributed by atoms with E-state index < -0.39 is 0 Å². The molecule has 0 amide bonds. The third-order valence-corrected chi connectivity index (χ3v) is 5.65. The fourth-order valence-electron chi connectivity index (χ4n) is 3.49. The van der Waals surface area contributed by atoms with E-state index in [0.717, 1.165) is 44.8 Å². The SMILES string of the molecule is c1csc([C@@H](NC2CCC3(CC2)OCCO3)C2CC2)n1. The molecule has 1 N–H and O–H groups in total. The molecule has 0 radical (unpaired) electrons. The van der Waals surface area contributed by atoms with Crippen molar-refractivity contribution in [3.63, 3.8) is 0 Å². The molecule has 3 fully saturated rings.